The highest BCUT2D eigenvalue weighted by Gasteiger charge is 2.37. The molecule has 0 bridgehead atoms. The lowest BCUT2D eigenvalue weighted by atomic mass is 9.69. The summed E-state index contributed by atoms with van der Waals surface area (Å²) in [6.45, 7) is 1.68. The molecule has 3 nitrogen and oxygen atoms in total. The zero-order valence-electron chi connectivity index (χ0n) is 11.1. The summed E-state index contributed by atoms with van der Waals surface area (Å²) < 4.78 is 18.2. The number of benzene rings is 1. The van der Waals surface area contributed by atoms with Gasteiger partial charge in [0, 0.05) is 12.3 Å². The van der Waals surface area contributed by atoms with E-state index in [1.54, 1.807) is 12.1 Å². The third-order valence-electron chi connectivity index (χ3n) is 3.92. The van der Waals surface area contributed by atoms with Gasteiger partial charge in [-0.1, -0.05) is 12.1 Å². The summed E-state index contributed by atoms with van der Waals surface area (Å²) in [6, 6.07) is 6.35. The van der Waals surface area contributed by atoms with Gasteiger partial charge in [-0.25, -0.2) is 4.39 Å². The Kier molecular flexibility index (Phi) is 4.20. The van der Waals surface area contributed by atoms with Crippen molar-refractivity contribution >= 4 is 5.97 Å². The Hall–Kier alpha value is -1.42. The van der Waals surface area contributed by atoms with E-state index in [9.17, 15) is 14.3 Å². The Bertz CT molecular complexity index is 433. The molecule has 0 heterocycles. The molecule has 19 heavy (non-hydrogen) atoms. The van der Waals surface area contributed by atoms with Crippen LogP contribution in [0.3, 0.4) is 0 Å². The first kappa shape index (κ1) is 14.0. The lowest BCUT2D eigenvalue weighted by Crippen LogP contribution is -2.38. The molecule has 4 heteroatoms. The highest BCUT2D eigenvalue weighted by Crippen LogP contribution is 2.40. The van der Waals surface area contributed by atoms with E-state index in [1.807, 2.05) is 0 Å². The second-order valence-electron chi connectivity index (χ2n) is 5.30. The maximum atomic E-state index is 13.0. The summed E-state index contributed by atoms with van der Waals surface area (Å²) in [5.74, 6) is -0.588. The number of aliphatic hydroxyl groups excluding tert-OH is 1. The highest BCUT2D eigenvalue weighted by molar-refractivity contribution is 5.66. The summed E-state index contributed by atoms with van der Waals surface area (Å²) in [4.78, 5) is 11.0. The molecule has 1 aliphatic carbocycles. The number of ether oxygens (including phenoxy) is 1. The van der Waals surface area contributed by atoms with Gasteiger partial charge in [-0.2, -0.15) is 0 Å². The number of aliphatic hydroxyl groups is 1. The maximum Gasteiger partial charge on any atom is 0.302 e. The number of halogens is 1. The molecular weight excluding hydrogens is 247 g/mol. The van der Waals surface area contributed by atoms with Crippen molar-refractivity contribution in [2.24, 2.45) is 0 Å². The maximum absolute atomic E-state index is 13.0. The molecule has 0 amide bonds. The zero-order chi connectivity index (χ0) is 13.9. The number of rotatable bonds is 3. The van der Waals surface area contributed by atoms with E-state index in [-0.39, 0.29) is 23.3 Å². The normalized spacial score (nSPS) is 27.0. The van der Waals surface area contributed by atoms with Gasteiger partial charge in [0.2, 0.25) is 0 Å². The van der Waals surface area contributed by atoms with Gasteiger partial charge >= 0.3 is 5.97 Å². The molecule has 0 spiro atoms. The Balaban J connectivity index is 2.22. The zero-order valence-corrected chi connectivity index (χ0v) is 11.1. The molecule has 1 fully saturated rings. The van der Waals surface area contributed by atoms with Crippen molar-refractivity contribution < 1.29 is 19.0 Å². The minimum Gasteiger partial charge on any atom is -0.465 e. The Morgan fingerprint density at radius 2 is 1.95 bits per heavy atom. The number of hydrogen-bond donors (Lipinski definition) is 1. The first-order chi connectivity index (χ1) is 9.02. The van der Waals surface area contributed by atoms with Crippen LogP contribution in [-0.2, 0) is 14.9 Å². The molecule has 0 aliphatic heterocycles. The van der Waals surface area contributed by atoms with E-state index in [2.05, 4.69) is 0 Å². The molecule has 1 aliphatic rings. The summed E-state index contributed by atoms with van der Waals surface area (Å²) in [7, 11) is 0. The van der Waals surface area contributed by atoms with Crippen molar-refractivity contribution in [1.82, 2.24) is 0 Å². The predicted molar refractivity (Wildman–Crippen MR) is 69.2 cm³/mol. The quantitative estimate of drug-likeness (QED) is 0.855. The van der Waals surface area contributed by atoms with Gasteiger partial charge in [-0.3, -0.25) is 4.79 Å². The molecule has 0 saturated heterocycles. The first-order valence-electron chi connectivity index (χ1n) is 6.59. The minimum absolute atomic E-state index is 0.276. The monoisotopic (exact) mass is 266 g/mol. The smallest absolute Gasteiger partial charge is 0.302 e. The average Bonchev–Trinajstić information content (AvgIpc) is 2.39. The molecule has 0 aromatic heterocycles. The Morgan fingerprint density at radius 1 is 1.37 bits per heavy atom. The SMILES string of the molecule is CC(=O)OC[C@]1(c2ccc(F)cc2)CC[C@H](O)CC1. The van der Waals surface area contributed by atoms with Gasteiger partial charge < -0.3 is 9.84 Å². The molecule has 1 saturated carbocycles. The van der Waals surface area contributed by atoms with Crippen molar-refractivity contribution in [1.29, 1.82) is 0 Å². The third kappa shape index (κ3) is 3.32. The fraction of sp³-hybridized carbons (Fsp3) is 0.533. The van der Waals surface area contributed by atoms with E-state index in [0.717, 1.165) is 18.4 Å². The van der Waals surface area contributed by atoms with Crippen molar-refractivity contribution in [3.8, 4) is 0 Å². The lowest BCUT2D eigenvalue weighted by molar-refractivity contribution is -0.143. The molecule has 1 aromatic carbocycles. The molecule has 1 aromatic rings. The largest absolute Gasteiger partial charge is 0.465 e. The number of esters is 1. The third-order valence-corrected chi connectivity index (χ3v) is 3.92. The van der Waals surface area contributed by atoms with Crippen molar-refractivity contribution in [2.45, 2.75) is 44.1 Å². The predicted octanol–water partition coefficient (Wildman–Crippen LogP) is 2.56. The van der Waals surface area contributed by atoms with Gasteiger partial charge in [0.25, 0.3) is 0 Å². The summed E-state index contributed by atoms with van der Waals surface area (Å²) in [6.07, 6.45) is 2.56. The van der Waals surface area contributed by atoms with Crippen LogP contribution >= 0.6 is 0 Å². The van der Waals surface area contributed by atoms with Crippen LogP contribution in [0.25, 0.3) is 0 Å². The van der Waals surface area contributed by atoms with Crippen molar-refractivity contribution in [3.05, 3.63) is 35.6 Å². The van der Waals surface area contributed by atoms with E-state index < -0.39 is 0 Å². The van der Waals surface area contributed by atoms with Crippen molar-refractivity contribution in [3.63, 3.8) is 0 Å². The van der Waals surface area contributed by atoms with E-state index in [0.29, 0.717) is 19.4 Å². The van der Waals surface area contributed by atoms with Crippen LogP contribution in [0.2, 0.25) is 0 Å². The molecule has 2 rings (SSSR count). The second kappa shape index (κ2) is 5.70. The van der Waals surface area contributed by atoms with Crippen LogP contribution in [0, 0.1) is 5.82 Å². The van der Waals surface area contributed by atoms with Crippen LogP contribution in [0.5, 0.6) is 0 Å². The van der Waals surface area contributed by atoms with E-state index in [4.69, 9.17) is 4.74 Å². The molecule has 0 unspecified atom stereocenters. The molecule has 104 valence electrons. The molecular formula is C15H19FO3. The number of hydrogen-bond acceptors (Lipinski definition) is 3. The fourth-order valence-electron chi connectivity index (χ4n) is 2.71. The minimum atomic E-state index is -0.312. The van der Waals surface area contributed by atoms with Crippen molar-refractivity contribution in [2.75, 3.05) is 6.61 Å². The summed E-state index contributed by atoms with van der Waals surface area (Å²) in [5, 5.41) is 9.64. The van der Waals surface area contributed by atoms with Gasteiger partial charge in [-0.15, -0.1) is 0 Å². The highest BCUT2D eigenvalue weighted by atomic mass is 19.1. The Labute approximate surface area is 112 Å². The lowest BCUT2D eigenvalue weighted by Gasteiger charge is -2.38. The van der Waals surface area contributed by atoms with Crippen LogP contribution in [-0.4, -0.2) is 23.8 Å². The average molecular weight is 266 g/mol. The van der Waals surface area contributed by atoms with Gasteiger partial charge in [0.05, 0.1) is 6.10 Å². The van der Waals surface area contributed by atoms with Crippen LogP contribution in [0.4, 0.5) is 4.39 Å². The van der Waals surface area contributed by atoms with E-state index in [1.165, 1.54) is 19.1 Å². The standard InChI is InChI=1S/C15H19FO3/c1-11(17)19-10-15(8-6-14(18)7-9-15)12-2-4-13(16)5-3-12/h2-5,14,18H,6-10H2,1H3/t14-,15-. The molecule has 1 N–H and O–H groups in total. The van der Waals surface area contributed by atoms with Crippen LogP contribution in [0.15, 0.2) is 24.3 Å². The Morgan fingerprint density at radius 3 is 2.47 bits per heavy atom. The summed E-state index contributed by atoms with van der Waals surface area (Å²) in [5.41, 5.74) is 0.681. The second-order valence-corrected chi connectivity index (χ2v) is 5.30. The molecule has 0 atom stereocenters. The van der Waals surface area contributed by atoms with Crippen LogP contribution < -0.4 is 0 Å². The summed E-state index contributed by atoms with van der Waals surface area (Å²) >= 11 is 0. The van der Waals surface area contributed by atoms with Gasteiger partial charge in [0.15, 0.2) is 0 Å². The van der Waals surface area contributed by atoms with Gasteiger partial charge in [-0.05, 0) is 43.4 Å². The number of carbonyl (C=O) groups is 1. The van der Waals surface area contributed by atoms with Crippen LogP contribution in [0.1, 0.15) is 38.2 Å². The molecule has 0 radical (unpaired) electrons. The van der Waals surface area contributed by atoms with Gasteiger partial charge in [0.1, 0.15) is 12.4 Å². The first-order valence-corrected chi connectivity index (χ1v) is 6.59. The van der Waals surface area contributed by atoms with E-state index >= 15 is 0 Å². The topological polar surface area (TPSA) is 46.5 Å². The fourth-order valence-corrected chi connectivity index (χ4v) is 2.71. The number of carbonyl (C=O) groups excluding carboxylic acids is 1.